The van der Waals surface area contributed by atoms with E-state index in [1.54, 1.807) is 17.4 Å². The third kappa shape index (κ3) is 1.96. The molecule has 5 heteroatoms. The summed E-state index contributed by atoms with van der Waals surface area (Å²) >= 11 is 1.80. The summed E-state index contributed by atoms with van der Waals surface area (Å²) in [5.41, 5.74) is 3.49. The fourth-order valence-electron chi connectivity index (χ4n) is 2.87. The number of aromatic nitrogens is 2. The maximum atomic E-state index is 11.8. The number of methoxy groups -OCH3 is 1. The van der Waals surface area contributed by atoms with Crippen molar-refractivity contribution >= 4 is 28.3 Å². The lowest BCUT2D eigenvalue weighted by atomic mass is 10.2. The van der Waals surface area contributed by atoms with Crippen LogP contribution in [-0.2, 0) is 17.6 Å². The van der Waals surface area contributed by atoms with Gasteiger partial charge < -0.3 is 9.72 Å². The van der Waals surface area contributed by atoms with Crippen LogP contribution in [0.15, 0.2) is 24.3 Å². The van der Waals surface area contributed by atoms with Gasteiger partial charge in [-0.1, -0.05) is 6.07 Å². The van der Waals surface area contributed by atoms with Gasteiger partial charge in [0, 0.05) is 4.88 Å². The zero-order chi connectivity index (χ0) is 14.4. The van der Waals surface area contributed by atoms with Crippen molar-refractivity contribution in [1.29, 1.82) is 0 Å². The van der Waals surface area contributed by atoms with E-state index >= 15 is 0 Å². The molecule has 21 heavy (non-hydrogen) atoms. The van der Waals surface area contributed by atoms with Crippen molar-refractivity contribution < 1.29 is 9.53 Å². The highest BCUT2D eigenvalue weighted by Gasteiger charge is 2.19. The molecule has 0 amide bonds. The van der Waals surface area contributed by atoms with Crippen LogP contribution in [0.2, 0.25) is 0 Å². The Bertz CT molecular complexity index is 826. The number of rotatable bonds is 2. The summed E-state index contributed by atoms with van der Waals surface area (Å²) in [6, 6.07) is 7.74. The second kappa shape index (κ2) is 4.70. The molecule has 0 fully saturated rings. The number of carbonyl (C=O) groups is 1. The number of ether oxygens (including phenoxy) is 1. The lowest BCUT2D eigenvalue weighted by molar-refractivity contribution is 0.0603. The number of aryl methyl sites for hydroxylation is 2. The Morgan fingerprint density at radius 2 is 2.29 bits per heavy atom. The lowest BCUT2D eigenvalue weighted by Gasteiger charge is -1.98. The number of nitrogens with zero attached hydrogens (tertiary/aromatic N) is 1. The van der Waals surface area contributed by atoms with E-state index in [-0.39, 0.29) is 5.97 Å². The molecule has 0 saturated heterocycles. The smallest absolute Gasteiger partial charge is 0.340 e. The number of aromatic amines is 1. The molecule has 2 aromatic heterocycles. The molecule has 4 nitrogen and oxygen atoms in total. The average molecular weight is 298 g/mol. The number of nitrogens with one attached hydrogen (secondary N) is 1. The van der Waals surface area contributed by atoms with Crippen LogP contribution in [0.1, 0.15) is 27.2 Å². The number of esters is 1. The van der Waals surface area contributed by atoms with Gasteiger partial charge in [0.15, 0.2) is 0 Å². The van der Waals surface area contributed by atoms with Crippen LogP contribution >= 0.6 is 11.3 Å². The normalized spacial score (nSPS) is 13.6. The van der Waals surface area contributed by atoms with Gasteiger partial charge in [-0.25, -0.2) is 9.78 Å². The molecular weight excluding hydrogens is 284 g/mol. The van der Waals surface area contributed by atoms with Gasteiger partial charge in [0.2, 0.25) is 0 Å². The molecule has 1 aliphatic carbocycles. The fraction of sp³-hybridized carbons (Fsp3) is 0.250. The van der Waals surface area contributed by atoms with Crippen molar-refractivity contribution in [3.63, 3.8) is 0 Å². The first-order valence-corrected chi connectivity index (χ1v) is 7.77. The molecule has 0 atom stereocenters. The zero-order valence-electron chi connectivity index (χ0n) is 11.6. The molecule has 0 bridgehead atoms. The molecule has 3 aromatic rings. The molecule has 1 aliphatic rings. The van der Waals surface area contributed by atoms with Crippen molar-refractivity contribution in [3.05, 3.63) is 40.3 Å². The highest BCUT2D eigenvalue weighted by Crippen LogP contribution is 2.36. The Balaban J connectivity index is 1.84. The topological polar surface area (TPSA) is 55.0 Å². The van der Waals surface area contributed by atoms with Crippen molar-refractivity contribution in [2.45, 2.75) is 19.3 Å². The minimum absolute atomic E-state index is 0.354. The number of H-pyrrole nitrogens is 1. The highest BCUT2D eigenvalue weighted by molar-refractivity contribution is 7.15. The Labute approximate surface area is 125 Å². The molecule has 4 rings (SSSR count). The van der Waals surface area contributed by atoms with Gasteiger partial charge in [-0.05, 0) is 43.0 Å². The standard InChI is InChI=1S/C16H14N2O2S/c1-20-16(19)10-5-3-6-11-14(10)18-15(17-11)13-8-9-4-2-7-12(9)21-13/h3,5-6,8H,2,4,7H2,1H3,(H,17,18). The number of thiophene rings is 1. The monoisotopic (exact) mass is 298 g/mol. The van der Waals surface area contributed by atoms with Crippen molar-refractivity contribution in [2.24, 2.45) is 0 Å². The van der Waals surface area contributed by atoms with Gasteiger partial charge in [0.05, 0.1) is 23.1 Å². The predicted octanol–water partition coefficient (Wildman–Crippen LogP) is 3.57. The largest absolute Gasteiger partial charge is 0.465 e. The number of hydrogen-bond acceptors (Lipinski definition) is 4. The van der Waals surface area contributed by atoms with E-state index in [9.17, 15) is 4.79 Å². The third-order valence-corrected chi connectivity index (χ3v) is 5.14. The molecule has 2 heterocycles. The van der Waals surface area contributed by atoms with Gasteiger partial charge in [0.25, 0.3) is 0 Å². The Kier molecular flexibility index (Phi) is 2.82. The summed E-state index contributed by atoms with van der Waals surface area (Å²) in [4.78, 5) is 22.4. The number of benzene rings is 1. The maximum absolute atomic E-state index is 11.8. The maximum Gasteiger partial charge on any atom is 0.340 e. The first kappa shape index (κ1) is 12.6. The molecular formula is C16H14N2O2S. The van der Waals surface area contributed by atoms with Crippen LogP contribution in [-0.4, -0.2) is 23.0 Å². The lowest BCUT2D eigenvalue weighted by Crippen LogP contribution is -2.01. The summed E-state index contributed by atoms with van der Waals surface area (Å²) in [6.07, 6.45) is 3.60. The fourth-order valence-corrected chi connectivity index (χ4v) is 4.07. The molecule has 1 aromatic carbocycles. The minimum atomic E-state index is -0.354. The van der Waals surface area contributed by atoms with E-state index in [0.29, 0.717) is 11.1 Å². The van der Waals surface area contributed by atoms with Gasteiger partial charge >= 0.3 is 5.97 Å². The molecule has 0 unspecified atom stereocenters. The van der Waals surface area contributed by atoms with Crippen molar-refractivity contribution in [2.75, 3.05) is 7.11 Å². The molecule has 1 N–H and O–H groups in total. The predicted molar refractivity (Wildman–Crippen MR) is 82.8 cm³/mol. The van der Waals surface area contributed by atoms with Gasteiger partial charge in [0.1, 0.15) is 11.3 Å². The number of carbonyl (C=O) groups excluding carboxylic acids is 1. The number of hydrogen-bond donors (Lipinski definition) is 1. The Morgan fingerprint density at radius 3 is 3.10 bits per heavy atom. The van der Waals surface area contributed by atoms with Crippen LogP contribution in [0.3, 0.4) is 0 Å². The molecule has 0 spiro atoms. The summed E-state index contributed by atoms with van der Waals surface area (Å²) in [5.74, 6) is 0.480. The van der Waals surface area contributed by atoms with Crippen LogP contribution in [0.25, 0.3) is 21.7 Å². The SMILES string of the molecule is COC(=O)c1cccc2[nH]c(-c3cc4c(s3)CCC4)nc12. The van der Waals surface area contributed by atoms with Crippen molar-refractivity contribution in [3.8, 4) is 10.7 Å². The first-order valence-electron chi connectivity index (χ1n) is 6.95. The minimum Gasteiger partial charge on any atom is -0.465 e. The van der Waals surface area contributed by atoms with Gasteiger partial charge in [-0.15, -0.1) is 11.3 Å². The highest BCUT2D eigenvalue weighted by atomic mass is 32.1. The molecule has 0 radical (unpaired) electrons. The van der Waals surface area contributed by atoms with Crippen LogP contribution in [0.4, 0.5) is 0 Å². The van der Waals surface area contributed by atoms with Crippen LogP contribution in [0.5, 0.6) is 0 Å². The third-order valence-electron chi connectivity index (χ3n) is 3.90. The summed E-state index contributed by atoms with van der Waals surface area (Å²) < 4.78 is 4.82. The van der Waals surface area contributed by atoms with E-state index in [0.717, 1.165) is 16.2 Å². The second-order valence-corrected chi connectivity index (χ2v) is 6.33. The quantitative estimate of drug-likeness (QED) is 0.736. The van der Waals surface area contributed by atoms with Gasteiger partial charge in [-0.3, -0.25) is 0 Å². The van der Waals surface area contributed by atoms with Crippen LogP contribution < -0.4 is 0 Å². The van der Waals surface area contributed by atoms with E-state index in [4.69, 9.17) is 4.74 Å². The number of fused-ring (bicyclic) bond motifs is 2. The molecule has 0 aliphatic heterocycles. The number of para-hydroxylation sites is 1. The second-order valence-electron chi connectivity index (χ2n) is 5.19. The average Bonchev–Trinajstić information content (AvgIpc) is 3.17. The van der Waals surface area contributed by atoms with E-state index in [1.807, 2.05) is 12.1 Å². The number of imidazole rings is 1. The summed E-state index contributed by atoms with van der Waals surface area (Å²) in [7, 11) is 1.39. The Hall–Kier alpha value is -2.14. The van der Waals surface area contributed by atoms with Gasteiger partial charge in [-0.2, -0.15) is 0 Å². The van der Waals surface area contributed by atoms with Crippen molar-refractivity contribution in [1.82, 2.24) is 9.97 Å². The molecule has 106 valence electrons. The van der Waals surface area contributed by atoms with Crippen LogP contribution in [0, 0.1) is 0 Å². The molecule has 0 saturated carbocycles. The first-order chi connectivity index (χ1) is 10.3. The van der Waals surface area contributed by atoms with E-state index < -0.39 is 0 Å². The van der Waals surface area contributed by atoms with E-state index in [2.05, 4.69) is 16.0 Å². The van der Waals surface area contributed by atoms with E-state index in [1.165, 1.54) is 36.8 Å². The summed E-state index contributed by atoms with van der Waals surface area (Å²) in [5, 5.41) is 0. The Morgan fingerprint density at radius 1 is 1.38 bits per heavy atom. The zero-order valence-corrected chi connectivity index (χ0v) is 12.4. The summed E-state index contributed by atoms with van der Waals surface area (Å²) in [6.45, 7) is 0.